The third-order valence-electron chi connectivity index (χ3n) is 0. The number of hydrogen-bond acceptors (Lipinski definition) is 0. The Morgan fingerprint density at radius 3 is 1.00 bits per heavy atom. The molecule has 0 nitrogen and oxygen atoms in total. The first kappa shape index (κ1) is 35.1. The second-order valence-corrected chi connectivity index (χ2v) is 0. The van der Waals surface area contributed by atoms with Crippen LogP contribution < -0.4 is 0 Å². The molecule has 0 N–H and O–H groups in total. The quantitative estimate of drug-likeness (QED) is 0.527. The largest absolute Gasteiger partial charge is 0 e. The minimum atomic E-state index is 0. The van der Waals surface area contributed by atoms with E-state index in [1.165, 1.54) is 0 Å². The molecule has 0 aromatic rings. The summed E-state index contributed by atoms with van der Waals surface area (Å²) in [5.41, 5.74) is 0. The summed E-state index contributed by atoms with van der Waals surface area (Å²) in [6.07, 6.45) is 0. The zero-order valence-electron chi connectivity index (χ0n) is 1.73. The third kappa shape index (κ3) is 8.90. The van der Waals surface area contributed by atoms with Gasteiger partial charge in [0.25, 0.3) is 0 Å². The van der Waals surface area contributed by atoms with Crippen LogP contribution in [0.5, 0.6) is 0 Å². The van der Waals surface area contributed by atoms with Gasteiger partial charge in [-0.25, -0.2) is 0 Å². The van der Waals surface area contributed by atoms with Crippen LogP contribution in [0, 0.1) is 0 Å². The third-order valence-corrected chi connectivity index (χ3v) is 0. The molecule has 0 spiro atoms. The van der Waals surface area contributed by atoms with Crippen LogP contribution in [0.25, 0.3) is 0 Å². The van der Waals surface area contributed by atoms with E-state index in [1.807, 2.05) is 0 Å². The summed E-state index contributed by atoms with van der Waals surface area (Å²) in [5, 5.41) is 0. The summed E-state index contributed by atoms with van der Waals surface area (Å²) in [6.45, 7) is 0. The monoisotopic (exact) mass is 274 g/mol. The van der Waals surface area contributed by atoms with Gasteiger partial charge in [0.15, 0.2) is 0 Å². The first-order valence-electron chi connectivity index (χ1n) is 0. The van der Waals surface area contributed by atoms with Crippen molar-refractivity contribution >= 4 is 11.0 Å². The Morgan fingerprint density at radius 2 is 1.00 bits per heavy atom. The summed E-state index contributed by atoms with van der Waals surface area (Å²) in [4.78, 5) is 0. The van der Waals surface area contributed by atoms with Gasteiger partial charge < -0.3 is 0 Å². The average molecular weight is 272 g/mol. The van der Waals surface area contributed by atoms with Crippen LogP contribution in [0.1, 0.15) is 0 Å². The van der Waals surface area contributed by atoms with Gasteiger partial charge >= 0.3 is 0 Å². The van der Waals surface area contributed by atoms with Gasteiger partial charge in [0.05, 0.1) is 0 Å². The van der Waals surface area contributed by atoms with Crippen molar-refractivity contribution in [3.05, 3.63) is 0 Å². The van der Waals surface area contributed by atoms with Gasteiger partial charge in [-0.15, -0.1) is 0 Å². The molecule has 0 saturated carbocycles. The normalized spacial score (nSPS) is 0. The molecule has 0 rings (SSSR count). The van der Waals surface area contributed by atoms with Crippen molar-refractivity contribution in [2.75, 3.05) is 0 Å². The molecule has 0 saturated heterocycles. The first-order chi connectivity index (χ1) is 0. The van der Waals surface area contributed by atoms with Crippen molar-refractivity contribution < 1.29 is 60.5 Å². The van der Waals surface area contributed by atoms with E-state index in [4.69, 9.17) is 0 Å². The minimum Gasteiger partial charge on any atom is 0 e. The molecule has 4 heavy (non-hydrogen) atoms. The minimum absolute atomic E-state index is 0. The van der Waals surface area contributed by atoms with E-state index in [1.54, 1.807) is 0 Å². The molecule has 0 bridgehead atoms. The van der Waals surface area contributed by atoms with E-state index in [0.717, 1.165) is 0 Å². The summed E-state index contributed by atoms with van der Waals surface area (Å²) in [6, 6.07) is 0. The van der Waals surface area contributed by atoms with Gasteiger partial charge in [-0.05, 0) is 0 Å². The van der Waals surface area contributed by atoms with Crippen molar-refractivity contribution in [2.45, 2.75) is 0 Å². The second kappa shape index (κ2) is 19.1. The summed E-state index contributed by atoms with van der Waals surface area (Å²) in [7, 11) is 0. The topological polar surface area (TPSA) is 0 Å². The molecule has 0 aromatic heterocycles. The SMILES string of the molecule is [Mn].[Mo].[Nb].[Si]. The smallest absolute Gasteiger partial charge is 0 e. The van der Waals surface area contributed by atoms with Crippen LogP contribution in [0.4, 0.5) is 0 Å². The molecule has 0 aliphatic rings. The van der Waals surface area contributed by atoms with E-state index in [-0.39, 0.29) is 71.5 Å². The molecule has 0 aliphatic carbocycles. The Kier molecular flexibility index (Phi) is 168. The molecule has 0 aliphatic heterocycles. The molecule has 0 fully saturated rings. The number of hydrogen-bond donors (Lipinski definition) is 0. The average Bonchev–Trinajstić information content (AvgIpc) is 0. The summed E-state index contributed by atoms with van der Waals surface area (Å²) >= 11 is 0. The summed E-state index contributed by atoms with van der Waals surface area (Å²) in [5.74, 6) is 0. The molecule has 4 heteroatoms. The Morgan fingerprint density at radius 1 is 1.00 bits per heavy atom. The Labute approximate surface area is 70.8 Å². The van der Waals surface area contributed by atoms with Crippen LogP contribution >= 0.6 is 0 Å². The molecule has 0 aromatic carbocycles. The van der Waals surface area contributed by atoms with Gasteiger partial charge in [-0.3, -0.25) is 0 Å². The zero-order chi connectivity index (χ0) is 0. The molecule has 22 valence electrons. The van der Waals surface area contributed by atoms with Crippen LogP contribution in [-0.2, 0) is 60.5 Å². The molecule has 0 heterocycles. The van der Waals surface area contributed by atoms with E-state index < -0.39 is 0 Å². The summed E-state index contributed by atoms with van der Waals surface area (Å²) < 4.78 is 0. The molecule has 0 atom stereocenters. The fourth-order valence-electron chi connectivity index (χ4n) is 0. The zero-order valence-corrected chi connectivity index (χ0v) is 8.12. The van der Waals surface area contributed by atoms with Crippen molar-refractivity contribution in [1.82, 2.24) is 0 Å². The molecule has 6 radical (unpaired) electrons. The van der Waals surface area contributed by atoms with E-state index in [0.29, 0.717) is 0 Å². The van der Waals surface area contributed by atoms with Crippen LogP contribution in [0.3, 0.4) is 0 Å². The second-order valence-electron chi connectivity index (χ2n) is 0. The van der Waals surface area contributed by atoms with Crippen LogP contribution in [0.2, 0.25) is 0 Å². The predicted octanol–water partition coefficient (Wildman–Crippen LogP) is -0.388. The first-order valence-corrected chi connectivity index (χ1v) is 0. The van der Waals surface area contributed by atoms with E-state index >= 15 is 0 Å². The van der Waals surface area contributed by atoms with E-state index in [2.05, 4.69) is 0 Å². The van der Waals surface area contributed by atoms with Crippen LogP contribution in [0.15, 0.2) is 0 Å². The fraction of sp³-hybridized carbons (Fsp3) is 0. The number of rotatable bonds is 0. The van der Waals surface area contributed by atoms with E-state index in [9.17, 15) is 0 Å². The van der Waals surface area contributed by atoms with Crippen LogP contribution in [-0.4, -0.2) is 11.0 Å². The maximum atomic E-state index is 0. The maximum absolute atomic E-state index is 0. The van der Waals surface area contributed by atoms with Crippen molar-refractivity contribution in [2.24, 2.45) is 0 Å². The van der Waals surface area contributed by atoms with Gasteiger partial charge in [0, 0.05) is 71.5 Å². The van der Waals surface area contributed by atoms with Crippen molar-refractivity contribution in [1.29, 1.82) is 0 Å². The Bertz CT molecular complexity index is 8.00. The molecule has 0 unspecified atom stereocenters. The fourth-order valence-corrected chi connectivity index (χ4v) is 0. The molecular weight excluding hydrogens is 272 g/mol. The predicted molar refractivity (Wildman–Crippen MR) is 5.75 cm³/mol. The Balaban J connectivity index is 0. The molecular formula is MnMoNbSi. The van der Waals surface area contributed by atoms with Crippen molar-refractivity contribution in [3.63, 3.8) is 0 Å². The maximum Gasteiger partial charge on any atom is 0 e. The van der Waals surface area contributed by atoms with Gasteiger partial charge in [0.2, 0.25) is 0 Å². The Hall–Kier alpha value is 2.16. The van der Waals surface area contributed by atoms with Gasteiger partial charge in [-0.1, -0.05) is 0 Å². The van der Waals surface area contributed by atoms with Crippen molar-refractivity contribution in [3.8, 4) is 0 Å². The standard InChI is InChI=1S/Mn.Mo.Nb.Si. The van der Waals surface area contributed by atoms with Gasteiger partial charge in [-0.2, -0.15) is 0 Å². The van der Waals surface area contributed by atoms with Gasteiger partial charge in [0.1, 0.15) is 0 Å². The molecule has 0 amide bonds.